The average Bonchev–Trinajstić information content (AvgIpc) is 2.39. The third-order valence-electron chi connectivity index (χ3n) is 3.62. The third kappa shape index (κ3) is 3.63. The number of benzene rings is 1. The predicted octanol–water partition coefficient (Wildman–Crippen LogP) is 3.05. The first-order valence-corrected chi connectivity index (χ1v) is 7.37. The number of hydrogen-bond donors (Lipinski definition) is 1. The molecule has 2 unspecified atom stereocenters. The second-order valence-electron chi connectivity index (χ2n) is 5.68. The van der Waals surface area contributed by atoms with Gasteiger partial charge >= 0.3 is 0 Å². The van der Waals surface area contributed by atoms with Crippen LogP contribution in [0.25, 0.3) is 0 Å². The van der Waals surface area contributed by atoms with E-state index in [0.29, 0.717) is 12.1 Å². The SMILES string of the molecule is CCC1CNC(C)CN1c1ccc(OC(C)C)cc1. The molecule has 1 aliphatic rings. The van der Waals surface area contributed by atoms with Crippen LogP contribution in [0.3, 0.4) is 0 Å². The highest BCUT2D eigenvalue weighted by Gasteiger charge is 2.24. The van der Waals surface area contributed by atoms with Crippen molar-refractivity contribution in [1.82, 2.24) is 5.32 Å². The number of ether oxygens (including phenoxy) is 1. The van der Waals surface area contributed by atoms with Crippen molar-refractivity contribution in [2.45, 2.75) is 52.3 Å². The van der Waals surface area contributed by atoms with Crippen molar-refractivity contribution < 1.29 is 4.74 Å². The molecule has 2 atom stereocenters. The summed E-state index contributed by atoms with van der Waals surface area (Å²) in [4.78, 5) is 2.51. The van der Waals surface area contributed by atoms with E-state index in [1.165, 1.54) is 12.1 Å². The summed E-state index contributed by atoms with van der Waals surface area (Å²) < 4.78 is 5.70. The van der Waals surface area contributed by atoms with Crippen molar-refractivity contribution in [3.63, 3.8) is 0 Å². The van der Waals surface area contributed by atoms with Crippen molar-refractivity contribution in [3.05, 3.63) is 24.3 Å². The van der Waals surface area contributed by atoms with Crippen molar-refractivity contribution in [3.8, 4) is 5.75 Å². The van der Waals surface area contributed by atoms with Crippen LogP contribution in [0.15, 0.2) is 24.3 Å². The second-order valence-corrected chi connectivity index (χ2v) is 5.68. The summed E-state index contributed by atoms with van der Waals surface area (Å²) in [7, 11) is 0. The highest BCUT2D eigenvalue weighted by molar-refractivity contribution is 5.50. The monoisotopic (exact) mass is 262 g/mol. The molecule has 3 nitrogen and oxygen atoms in total. The van der Waals surface area contributed by atoms with Gasteiger partial charge in [-0.3, -0.25) is 0 Å². The van der Waals surface area contributed by atoms with E-state index in [2.05, 4.69) is 62.2 Å². The van der Waals surface area contributed by atoms with Gasteiger partial charge in [-0.05, 0) is 51.5 Å². The third-order valence-corrected chi connectivity index (χ3v) is 3.62. The molecule has 1 aromatic rings. The number of nitrogens with zero attached hydrogens (tertiary/aromatic N) is 1. The Hall–Kier alpha value is -1.22. The normalized spacial score (nSPS) is 23.7. The van der Waals surface area contributed by atoms with Crippen LogP contribution in [0.4, 0.5) is 5.69 Å². The molecule has 3 heteroatoms. The largest absolute Gasteiger partial charge is 0.491 e. The Kier molecular flexibility index (Phi) is 4.70. The molecule has 1 saturated heterocycles. The summed E-state index contributed by atoms with van der Waals surface area (Å²) in [6.45, 7) is 10.8. The fourth-order valence-electron chi connectivity index (χ4n) is 2.63. The molecule has 1 aliphatic heterocycles. The summed E-state index contributed by atoms with van der Waals surface area (Å²) in [5.74, 6) is 0.954. The van der Waals surface area contributed by atoms with Crippen LogP contribution in [0, 0.1) is 0 Å². The van der Waals surface area contributed by atoms with Crippen molar-refractivity contribution in [2.24, 2.45) is 0 Å². The van der Waals surface area contributed by atoms with Crippen LogP contribution in [0.5, 0.6) is 5.75 Å². The Morgan fingerprint density at radius 2 is 2.00 bits per heavy atom. The summed E-state index contributed by atoms with van der Waals surface area (Å²) in [5, 5.41) is 3.55. The summed E-state index contributed by atoms with van der Waals surface area (Å²) >= 11 is 0. The van der Waals surface area contributed by atoms with Gasteiger partial charge in [-0.1, -0.05) is 6.92 Å². The molecule has 1 fully saturated rings. The zero-order valence-electron chi connectivity index (χ0n) is 12.5. The molecular formula is C16H26N2O. The number of rotatable bonds is 4. The lowest BCUT2D eigenvalue weighted by Gasteiger charge is -2.40. The van der Waals surface area contributed by atoms with Crippen LogP contribution in [-0.2, 0) is 0 Å². The smallest absolute Gasteiger partial charge is 0.119 e. The molecule has 0 radical (unpaired) electrons. The van der Waals surface area contributed by atoms with Gasteiger partial charge in [0.2, 0.25) is 0 Å². The number of nitrogens with one attached hydrogen (secondary N) is 1. The molecule has 0 spiro atoms. The summed E-state index contributed by atoms with van der Waals surface area (Å²) in [5.41, 5.74) is 1.30. The van der Waals surface area contributed by atoms with Gasteiger partial charge in [0.25, 0.3) is 0 Å². The molecule has 106 valence electrons. The Balaban J connectivity index is 2.10. The van der Waals surface area contributed by atoms with Crippen molar-refractivity contribution in [2.75, 3.05) is 18.0 Å². The van der Waals surface area contributed by atoms with E-state index in [9.17, 15) is 0 Å². The summed E-state index contributed by atoms with van der Waals surface area (Å²) in [6, 6.07) is 9.66. The fraction of sp³-hybridized carbons (Fsp3) is 0.625. The molecule has 1 aromatic carbocycles. The molecule has 0 saturated carbocycles. The molecule has 0 bridgehead atoms. The number of piperazine rings is 1. The average molecular weight is 262 g/mol. The van der Waals surface area contributed by atoms with Crippen LogP contribution in [0.1, 0.15) is 34.1 Å². The lowest BCUT2D eigenvalue weighted by atomic mass is 10.1. The molecule has 0 aliphatic carbocycles. The maximum Gasteiger partial charge on any atom is 0.119 e. The van der Waals surface area contributed by atoms with Gasteiger partial charge < -0.3 is 15.0 Å². The van der Waals surface area contributed by atoms with Gasteiger partial charge in [0.1, 0.15) is 5.75 Å². The topological polar surface area (TPSA) is 24.5 Å². The first-order chi connectivity index (χ1) is 9.10. The maximum absolute atomic E-state index is 5.70. The van der Waals surface area contributed by atoms with Crippen LogP contribution in [-0.4, -0.2) is 31.3 Å². The fourth-order valence-corrected chi connectivity index (χ4v) is 2.63. The van der Waals surface area contributed by atoms with E-state index in [1.807, 2.05) is 0 Å². The molecule has 0 amide bonds. The lowest BCUT2D eigenvalue weighted by molar-refractivity contribution is 0.242. The second kappa shape index (κ2) is 6.29. The van der Waals surface area contributed by atoms with Crippen LogP contribution < -0.4 is 15.0 Å². The van der Waals surface area contributed by atoms with Gasteiger partial charge in [-0.25, -0.2) is 0 Å². The number of anilines is 1. The highest BCUT2D eigenvalue weighted by Crippen LogP contribution is 2.24. The van der Waals surface area contributed by atoms with E-state index in [0.717, 1.165) is 18.8 Å². The lowest BCUT2D eigenvalue weighted by Crippen LogP contribution is -2.55. The first kappa shape index (κ1) is 14.2. The van der Waals surface area contributed by atoms with Gasteiger partial charge in [-0.2, -0.15) is 0 Å². The first-order valence-electron chi connectivity index (χ1n) is 7.37. The number of hydrogen-bond acceptors (Lipinski definition) is 3. The minimum Gasteiger partial charge on any atom is -0.491 e. The maximum atomic E-state index is 5.70. The Labute approximate surface area is 116 Å². The highest BCUT2D eigenvalue weighted by atomic mass is 16.5. The Bertz CT molecular complexity index is 388. The Morgan fingerprint density at radius 1 is 1.32 bits per heavy atom. The molecule has 1 heterocycles. The molecule has 2 rings (SSSR count). The standard InChI is InChI=1S/C16H26N2O/c1-5-14-10-17-13(4)11-18(14)15-6-8-16(9-7-15)19-12(2)3/h6-9,12-14,17H,5,10-11H2,1-4H3. The Morgan fingerprint density at radius 3 is 2.58 bits per heavy atom. The molecule has 0 aromatic heterocycles. The van der Waals surface area contributed by atoms with Crippen molar-refractivity contribution in [1.29, 1.82) is 0 Å². The molecule has 1 N–H and O–H groups in total. The summed E-state index contributed by atoms with van der Waals surface area (Å²) in [6.07, 6.45) is 1.40. The van der Waals surface area contributed by atoms with E-state index < -0.39 is 0 Å². The van der Waals surface area contributed by atoms with Gasteiger partial charge in [-0.15, -0.1) is 0 Å². The zero-order chi connectivity index (χ0) is 13.8. The predicted molar refractivity (Wildman–Crippen MR) is 81.1 cm³/mol. The van der Waals surface area contributed by atoms with E-state index in [4.69, 9.17) is 4.74 Å². The minimum absolute atomic E-state index is 0.230. The molecule has 19 heavy (non-hydrogen) atoms. The van der Waals surface area contributed by atoms with E-state index >= 15 is 0 Å². The van der Waals surface area contributed by atoms with Crippen molar-refractivity contribution >= 4 is 5.69 Å². The zero-order valence-corrected chi connectivity index (χ0v) is 12.5. The van der Waals surface area contributed by atoms with Crippen LogP contribution >= 0.6 is 0 Å². The minimum atomic E-state index is 0.230. The van der Waals surface area contributed by atoms with E-state index in [-0.39, 0.29) is 6.10 Å². The quantitative estimate of drug-likeness (QED) is 0.902. The van der Waals surface area contributed by atoms with Gasteiger partial charge in [0, 0.05) is 30.9 Å². The van der Waals surface area contributed by atoms with Gasteiger partial charge in [0.05, 0.1) is 6.10 Å². The van der Waals surface area contributed by atoms with Gasteiger partial charge in [0.15, 0.2) is 0 Å². The van der Waals surface area contributed by atoms with Crippen LogP contribution in [0.2, 0.25) is 0 Å². The van der Waals surface area contributed by atoms with E-state index in [1.54, 1.807) is 0 Å². The molecular weight excluding hydrogens is 236 g/mol.